The molecule has 0 bridgehead atoms. The van der Waals surface area contributed by atoms with E-state index in [-0.39, 0.29) is 23.9 Å². The molecule has 5 nitrogen and oxygen atoms in total. The molecule has 2 saturated heterocycles. The molecule has 2 aliphatic rings. The van der Waals surface area contributed by atoms with Gasteiger partial charge in [0.25, 0.3) is 0 Å². The number of hydrogen-bond donors (Lipinski definition) is 1. The molecule has 6 heteroatoms. The summed E-state index contributed by atoms with van der Waals surface area (Å²) in [5, 5.41) is 3.89. The molecule has 1 unspecified atom stereocenters. The van der Waals surface area contributed by atoms with Crippen LogP contribution in [0.5, 0.6) is 0 Å². The maximum atomic E-state index is 12.5. The first-order valence-electron chi connectivity index (χ1n) is 9.07. The molecule has 0 aliphatic carbocycles. The lowest BCUT2D eigenvalue weighted by molar-refractivity contribution is -0.130. The fourth-order valence-electron chi connectivity index (χ4n) is 3.90. The highest BCUT2D eigenvalue weighted by Gasteiger charge is 2.29. The van der Waals surface area contributed by atoms with Crippen molar-refractivity contribution < 1.29 is 9.59 Å². The smallest absolute Gasteiger partial charge is 0.234 e. The third-order valence-electron chi connectivity index (χ3n) is 5.25. The van der Waals surface area contributed by atoms with Crippen molar-refractivity contribution >= 4 is 23.4 Å². The molecule has 2 fully saturated rings. The van der Waals surface area contributed by atoms with Gasteiger partial charge in [-0.1, -0.05) is 23.7 Å². The van der Waals surface area contributed by atoms with E-state index in [2.05, 4.69) is 16.3 Å². The Bertz CT molecular complexity index is 629. The first-order valence-corrected chi connectivity index (χ1v) is 9.45. The Hall–Kier alpha value is -1.59. The molecule has 0 radical (unpaired) electrons. The minimum Gasteiger partial charge on any atom is -0.352 e. The Morgan fingerprint density at radius 3 is 2.64 bits per heavy atom. The van der Waals surface area contributed by atoms with E-state index in [9.17, 15) is 9.59 Å². The molecular formula is C19H26ClN3O2. The molecule has 1 atom stereocenters. The molecule has 2 amide bonds. The summed E-state index contributed by atoms with van der Waals surface area (Å²) < 4.78 is 0. The highest BCUT2D eigenvalue weighted by atomic mass is 35.5. The van der Waals surface area contributed by atoms with Gasteiger partial charge in [-0.15, -0.1) is 0 Å². The van der Waals surface area contributed by atoms with Crippen LogP contribution in [0.1, 0.15) is 44.2 Å². The zero-order valence-corrected chi connectivity index (χ0v) is 15.5. The molecule has 136 valence electrons. The standard InChI is InChI=1S/C19H26ClN3O2/c1-14(24)22-10-7-17(8-11-22)21-19(25)13-23-9-3-6-18(23)15-4-2-5-16(20)12-15/h2,4-5,12,17-18H,3,6-11,13H2,1H3,(H,21,25). The van der Waals surface area contributed by atoms with Crippen molar-refractivity contribution in [3.05, 3.63) is 34.9 Å². The van der Waals surface area contributed by atoms with E-state index in [1.165, 1.54) is 5.56 Å². The molecule has 0 spiro atoms. The minimum absolute atomic E-state index is 0.0789. The number of carbonyl (C=O) groups is 2. The van der Waals surface area contributed by atoms with Gasteiger partial charge in [0.15, 0.2) is 0 Å². The minimum atomic E-state index is 0.0789. The highest BCUT2D eigenvalue weighted by Crippen LogP contribution is 2.32. The van der Waals surface area contributed by atoms with Gasteiger partial charge in [0.1, 0.15) is 0 Å². The Kier molecular flexibility index (Phi) is 5.97. The van der Waals surface area contributed by atoms with E-state index in [1.54, 1.807) is 6.92 Å². The van der Waals surface area contributed by atoms with E-state index in [1.807, 2.05) is 23.1 Å². The normalized spacial score (nSPS) is 22.2. The Balaban J connectivity index is 1.51. The zero-order chi connectivity index (χ0) is 17.8. The van der Waals surface area contributed by atoms with Gasteiger partial charge in [-0.2, -0.15) is 0 Å². The second-order valence-electron chi connectivity index (χ2n) is 7.03. The largest absolute Gasteiger partial charge is 0.352 e. The monoisotopic (exact) mass is 363 g/mol. The van der Waals surface area contributed by atoms with Crippen LogP contribution in [0.4, 0.5) is 0 Å². The molecule has 2 heterocycles. The van der Waals surface area contributed by atoms with Gasteiger partial charge in [0.2, 0.25) is 11.8 Å². The van der Waals surface area contributed by atoms with E-state index in [0.29, 0.717) is 6.54 Å². The maximum Gasteiger partial charge on any atom is 0.234 e. The number of amides is 2. The zero-order valence-electron chi connectivity index (χ0n) is 14.7. The van der Waals surface area contributed by atoms with Crippen molar-refractivity contribution in [3.8, 4) is 0 Å². The first-order chi connectivity index (χ1) is 12.0. The van der Waals surface area contributed by atoms with Gasteiger partial charge >= 0.3 is 0 Å². The topological polar surface area (TPSA) is 52.7 Å². The van der Waals surface area contributed by atoms with E-state index in [0.717, 1.165) is 50.3 Å². The summed E-state index contributed by atoms with van der Waals surface area (Å²) in [5.74, 6) is 0.196. The predicted molar refractivity (Wildman–Crippen MR) is 98.4 cm³/mol. The summed E-state index contributed by atoms with van der Waals surface area (Å²) in [6.07, 6.45) is 3.83. The highest BCUT2D eigenvalue weighted by molar-refractivity contribution is 6.30. The SMILES string of the molecule is CC(=O)N1CCC(NC(=O)CN2CCCC2c2cccc(Cl)c2)CC1. The van der Waals surface area contributed by atoms with Crippen LogP contribution >= 0.6 is 11.6 Å². The van der Waals surface area contributed by atoms with Crippen LogP contribution in [0.25, 0.3) is 0 Å². The van der Waals surface area contributed by atoms with Gasteiger partial charge in [-0.3, -0.25) is 14.5 Å². The number of halogens is 1. The van der Waals surface area contributed by atoms with Crippen LogP contribution in [-0.2, 0) is 9.59 Å². The molecule has 3 rings (SSSR count). The number of piperidine rings is 1. The van der Waals surface area contributed by atoms with Crippen molar-refractivity contribution in [2.45, 2.75) is 44.7 Å². The Morgan fingerprint density at radius 1 is 1.20 bits per heavy atom. The van der Waals surface area contributed by atoms with Gasteiger partial charge in [0, 0.05) is 37.1 Å². The van der Waals surface area contributed by atoms with Crippen LogP contribution in [0.15, 0.2) is 24.3 Å². The third kappa shape index (κ3) is 4.73. The summed E-state index contributed by atoms with van der Waals surface area (Å²) in [7, 11) is 0. The van der Waals surface area contributed by atoms with Crippen LogP contribution in [0, 0.1) is 0 Å². The molecule has 1 aromatic rings. The lowest BCUT2D eigenvalue weighted by Gasteiger charge is -2.32. The number of benzene rings is 1. The van der Waals surface area contributed by atoms with Gasteiger partial charge < -0.3 is 10.2 Å². The molecular weight excluding hydrogens is 338 g/mol. The number of rotatable bonds is 4. The predicted octanol–water partition coefficient (Wildman–Crippen LogP) is 2.60. The first kappa shape index (κ1) is 18.2. The van der Waals surface area contributed by atoms with E-state index >= 15 is 0 Å². The summed E-state index contributed by atoms with van der Waals surface area (Å²) in [6.45, 7) is 4.42. The fourth-order valence-corrected chi connectivity index (χ4v) is 4.10. The van der Waals surface area contributed by atoms with Gasteiger partial charge in [0.05, 0.1) is 6.54 Å². The van der Waals surface area contributed by atoms with Crippen molar-refractivity contribution in [1.29, 1.82) is 0 Å². The molecule has 2 aliphatic heterocycles. The van der Waals surface area contributed by atoms with Crippen molar-refractivity contribution in [2.75, 3.05) is 26.2 Å². The molecule has 0 aromatic heterocycles. The van der Waals surface area contributed by atoms with Gasteiger partial charge in [-0.25, -0.2) is 0 Å². The number of nitrogens with one attached hydrogen (secondary N) is 1. The second kappa shape index (κ2) is 8.19. The lowest BCUT2D eigenvalue weighted by Crippen LogP contribution is -2.48. The average molecular weight is 364 g/mol. The second-order valence-corrected chi connectivity index (χ2v) is 7.47. The molecule has 1 N–H and O–H groups in total. The number of hydrogen-bond acceptors (Lipinski definition) is 3. The molecule has 25 heavy (non-hydrogen) atoms. The molecule has 0 saturated carbocycles. The van der Waals surface area contributed by atoms with E-state index in [4.69, 9.17) is 11.6 Å². The quantitative estimate of drug-likeness (QED) is 0.894. The lowest BCUT2D eigenvalue weighted by atomic mass is 10.0. The fraction of sp³-hybridized carbons (Fsp3) is 0.579. The Labute approximate surface area is 154 Å². The van der Waals surface area contributed by atoms with Crippen LogP contribution < -0.4 is 5.32 Å². The summed E-state index contributed by atoms with van der Waals surface area (Å²) in [4.78, 5) is 27.9. The van der Waals surface area contributed by atoms with Gasteiger partial charge in [-0.05, 0) is 49.9 Å². The van der Waals surface area contributed by atoms with Crippen molar-refractivity contribution in [3.63, 3.8) is 0 Å². The molecule has 1 aromatic carbocycles. The van der Waals surface area contributed by atoms with Crippen molar-refractivity contribution in [2.24, 2.45) is 0 Å². The van der Waals surface area contributed by atoms with Crippen molar-refractivity contribution in [1.82, 2.24) is 15.1 Å². The number of nitrogens with zero attached hydrogens (tertiary/aromatic N) is 2. The number of carbonyl (C=O) groups excluding carboxylic acids is 2. The average Bonchev–Trinajstić information content (AvgIpc) is 3.03. The summed E-state index contributed by atoms with van der Waals surface area (Å²) >= 11 is 6.11. The van der Waals surface area contributed by atoms with Crippen LogP contribution in [0.2, 0.25) is 5.02 Å². The number of likely N-dealkylation sites (tertiary alicyclic amines) is 2. The summed E-state index contributed by atoms with van der Waals surface area (Å²) in [6, 6.07) is 8.38. The Morgan fingerprint density at radius 2 is 1.96 bits per heavy atom. The van der Waals surface area contributed by atoms with Crippen LogP contribution in [0.3, 0.4) is 0 Å². The van der Waals surface area contributed by atoms with Crippen LogP contribution in [-0.4, -0.2) is 53.8 Å². The van der Waals surface area contributed by atoms with E-state index < -0.39 is 0 Å². The third-order valence-corrected chi connectivity index (χ3v) is 5.48. The summed E-state index contributed by atoms with van der Waals surface area (Å²) in [5.41, 5.74) is 1.19. The maximum absolute atomic E-state index is 12.5.